The lowest BCUT2D eigenvalue weighted by atomic mass is 10.1. The van der Waals surface area contributed by atoms with E-state index in [2.05, 4.69) is 86.2 Å². The van der Waals surface area contributed by atoms with Gasteiger partial charge in [0.25, 0.3) is 0 Å². The summed E-state index contributed by atoms with van der Waals surface area (Å²) >= 11 is 0. The fourth-order valence-corrected chi connectivity index (χ4v) is 4.62. The Kier molecular flexibility index (Phi) is 3.49. The van der Waals surface area contributed by atoms with Crippen LogP contribution in [0.5, 0.6) is 0 Å². The second kappa shape index (κ2) is 6.49. The number of fused-ring (bicyclic) bond motifs is 6. The number of benzene rings is 4. The van der Waals surface area contributed by atoms with Crippen molar-refractivity contribution >= 4 is 43.9 Å². The van der Waals surface area contributed by atoms with E-state index in [1.807, 2.05) is 18.2 Å². The molecular formula is C27H17N5. The number of aromatic nitrogens is 5. The number of nitrogens with zero attached hydrogens (tertiary/aromatic N) is 4. The number of para-hydroxylation sites is 2. The Hall–Kier alpha value is -4.51. The van der Waals surface area contributed by atoms with Gasteiger partial charge in [-0.3, -0.25) is 9.97 Å². The van der Waals surface area contributed by atoms with E-state index < -0.39 is 0 Å². The topological polar surface area (TPSA) is 59.4 Å². The minimum atomic E-state index is 0.814. The van der Waals surface area contributed by atoms with Crippen molar-refractivity contribution in [2.24, 2.45) is 0 Å². The third kappa shape index (κ3) is 2.42. The van der Waals surface area contributed by atoms with Gasteiger partial charge in [0.15, 0.2) is 0 Å². The Labute approximate surface area is 183 Å². The van der Waals surface area contributed by atoms with Gasteiger partial charge in [0, 0.05) is 34.4 Å². The summed E-state index contributed by atoms with van der Waals surface area (Å²) < 4.78 is 2.32. The first-order chi connectivity index (χ1) is 15.9. The standard InChI is InChI=1S/C27H17N5/c1-2-6-18(7-3-1)32-23-9-5-4-8-19(23)20-16-17(10-13-24(20)32)27-30-22-12-11-21-25(26(22)31-27)29-15-14-28-21/h1-16H,(H,30,31). The van der Waals surface area contributed by atoms with E-state index in [0.29, 0.717) is 0 Å². The van der Waals surface area contributed by atoms with Crippen molar-refractivity contribution in [3.8, 4) is 17.1 Å². The van der Waals surface area contributed by atoms with Crippen LogP contribution in [0.15, 0.2) is 97.3 Å². The Morgan fingerprint density at radius 3 is 2.41 bits per heavy atom. The highest BCUT2D eigenvalue weighted by atomic mass is 15.0. The van der Waals surface area contributed by atoms with Gasteiger partial charge < -0.3 is 9.55 Å². The first kappa shape index (κ1) is 17.2. The molecule has 0 spiro atoms. The van der Waals surface area contributed by atoms with Gasteiger partial charge in [-0.15, -0.1) is 0 Å². The van der Waals surface area contributed by atoms with Crippen molar-refractivity contribution in [1.29, 1.82) is 0 Å². The van der Waals surface area contributed by atoms with E-state index in [1.54, 1.807) is 12.4 Å². The van der Waals surface area contributed by atoms with E-state index in [9.17, 15) is 0 Å². The van der Waals surface area contributed by atoms with Gasteiger partial charge in [-0.2, -0.15) is 0 Å². The molecule has 4 aromatic carbocycles. The number of imidazole rings is 1. The average Bonchev–Trinajstić information content (AvgIpc) is 3.44. The molecule has 0 aliphatic rings. The zero-order valence-electron chi connectivity index (χ0n) is 17.0. The number of aromatic amines is 1. The van der Waals surface area contributed by atoms with Crippen LogP contribution < -0.4 is 0 Å². The molecule has 0 aliphatic carbocycles. The van der Waals surface area contributed by atoms with Crippen LogP contribution in [0, 0.1) is 0 Å². The Bertz CT molecular complexity index is 1780. The molecule has 7 aromatic rings. The van der Waals surface area contributed by atoms with Crippen molar-refractivity contribution in [2.45, 2.75) is 0 Å². The van der Waals surface area contributed by atoms with Crippen LogP contribution in [0.4, 0.5) is 0 Å². The van der Waals surface area contributed by atoms with Crippen LogP contribution in [-0.4, -0.2) is 24.5 Å². The third-order valence-corrected chi connectivity index (χ3v) is 6.05. The molecule has 150 valence electrons. The SMILES string of the molecule is c1ccc(-n2c3ccccc3c3cc(-c4nc5c(ccc6nccnc65)[nH]4)ccc32)cc1. The van der Waals surface area contributed by atoms with Crippen molar-refractivity contribution in [2.75, 3.05) is 0 Å². The van der Waals surface area contributed by atoms with Crippen molar-refractivity contribution in [3.63, 3.8) is 0 Å². The lowest BCUT2D eigenvalue weighted by Crippen LogP contribution is -1.92. The molecule has 32 heavy (non-hydrogen) atoms. The zero-order chi connectivity index (χ0) is 21.1. The predicted octanol–water partition coefficient (Wildman–Crippen LogP) is 6.27. The first-order valence-electron chi connectivity index (χ1n) is 10.6. The summed E-state index contributed by atoms with van der Waals surface area (Å²) in [6.07, 6.45) is 3.42. The fourth-order valence-electron chi connectivity index (χ4n) is 4.62. The average molecular weight is 411 g/mol. The summed E-state index contributed by atoms with van der Waals surface area (Å²) in [6.45, 7) is 0. The number of hydrogen-bond acceptors (Lipinski definition) is 3. The molecule has 0 unspecified atom stereocenters. The summed E-state index contributed by atoms with van der Waals surface area (Å²) in [7, 11) is 0. The molecular weight excluding hydrogens is 394 g/mol. The molecule has 0 bridgehead atoms. The largest absolute Gasteiger partial charge is 0.338 e. The van der Waals surface area contributed by atoms with Crippen LogP contribution in [0.25, 0.3) is 60.9 Å². The number of nitrogens with one attached hydrogen (secondary N) is 1. The number of hydrogen-bond donors (Lipinski definition) is 1. The Morgan fingerprint density at radius 2 is 1.47 bits per heavy atom. The van der Waals surface area contributed by atoms with Crippen molar-refractivity contribution in [1.82, 2.24) is 24.5 Å². The lowest BCUT2D eigenvalue weighted by Gasteiger charge is -2.07. The van der Waals surface area contributed by atoms with Gasteiger partial charge in [0.05, 0.1) is 22.1 Å². The van der Waals surface area contributed by atoms with Gasteiger partial charge in [-0.05, 0) is 48.5 Å². The van der Waals surface area contributed by atoms with E-state index in [4.69, 9.17) is 4.98 Å². The molecule has 1 N–H and O–H groups in total. The van der Waals surface area contributed by atoms with Crippen LogP contribution >= 0.6 is 0 Å². The summed E-state index contributed by atoms with van der Waals surface area (Å²) in [6, 6.07) is 29.6. The quantitative estimate of drug-likeness (QED) is 0.365. The van der Waals surface area contributed by atoms with E-state index in [0.717, 1.165) is 39.1 Å². The van der Waals surface area contributed by atoms with Crippen LogP contribution in [0.2, 0.25) is 0 Å². The Morgan fingerprint density at radius 1 is 0.656 bits per heavy atom. The smallest absolute Gasteiger partial charge is 0.138 e. The molecule has 3 aromatic heterocycles. The highest BCUT2D eigenvalue weighted by molar-refractivity contribution is 6.10. The summed E-state index contributed by atoms with van der Waals surface area (Å²) in [5.74, 6) is 0.830. The fraction of sp³-hybridized carbons (Fsp3) is 0. The maximum atomic E-state index is 4.90. The molecule has 5 nitrogen and oxygen atoms in total. The third-order valence-electron chi connectivity index (χ3n) is 6.05. The molecule has 3 heterocycles. The highest BCUT2D eigenvalue weighted by Gasteiger charge is 2.15. The van der Waals surface area contributed by atoms with Gasteiger partial charge in [0.2, 0.25) is 0 Å². The van der Waals surface area contributed by atoms with Gasteiger partial charge in [-0.1, -0.05) is 36.4 Å². The maximum absolute atomic E-state index is 4.90. The summed E-state index contributed by atoms with van der Waals surface area (Å²) in [5, 5.41) is 2.42. The number of H-pyrrole nitrogens is 1. The van der Waals surface area contributed by atoms with Crippen LogP contribution in [0.3, 0.4) is 0 Å². The molecule has 0 atom stereocenters. The molecule has 0 amide bonds. The molecule has 5 heteroatoms. The maximum Gasteiger partial charge on any atom is 0.138 e. The Balaban J connectivity index is 1.49. The molecule has 0 radical (unpaired) electrons. The van der Waals surface area contributed by atoms with Gasteiger partial charge in [-0.25, -0.2) is 4.98 Å². The lowest BCUT2D eigenvalue weighted by molar-refractivity contribution is 1.18. The predicted molar refractivity (Wildman–Crippen MR) is 129 cm³/mol. The minimum Gasteiger partial charge on any atom is -0.338 e. The van der Waals surface area contributed by atoms with Crippen molar-refractivity contribution in [3.05, 3.63) is 97.3 Å². The summed E-state index contributed by atoms with van der Waals surface area (Å²) in [5.41, 5.74) is 8.03. The van der Waals surface area contributed by atoms with E-state index in [1.165, 1.54) is 21.8 Å². The first-order valence-corrected chi connectivity index (χ1v) is 10.6. The normalized spacial score (nSPS) is 11.8. The minimum absolute atomic E-state index is 0.814. The molecule has 0 fully saturated rings. The number of rotatable bonds is 2. The second-order valence-corrected chi connectivity index (χ2v) is 7.89. The monoisotopic (exact) mass is 411 g/mol. The second-order valence-electron chi connectivity index (χ2n) is 7.89. The summed E-state index contributed by atoms with van der Waals surface area (Å²) in [4.78, 5) is 17.3. The molecule has 7 rings (SSSR count). The van der Waals surface area contributed by atoms with E-state index in [-0.39, 0.29) is 0 Å². The van der Waals surface area contributed by atoms with Crippen LogP contribution in [-0.2, 0) is 0 Å². The van der Waals surface area contributed by atoms with E-state index >= 15 is 0 Å². The van der Waals surface area contributed by atoms with Gasteiger partial charge >= 0.3 is 0 Å². The molecule has 0 aliphatic heterocycles. The highest BCUT2D eigenvalue weighted by Crippen LogP contribution is 2.35. The molecule has 0 saturated heterocycles. The van der Waals surface area contributed by atoms with Crippen molar-refractivity contribution < 1.29 is 0 Å². The van der Waals surface area contributed by atoms with Gasteiger partial charge in [0.1, 0.15) is 16.9 Å². The van der Waals surface area contributed by atoms with Crippen LogP contribution in [0.1, 0.15) is 0 Å². The zero-order valence-corrected chi connectivity index (χ0v) is 17.0. The molecule has 0 saturated carbocycles.